The molecule has 0 saturated heterocycles. The molecule has 1 heterocycles. The van der Waals surface area contributed by atoms with E-state index >= 15 is 0 Å². The van der Waals surface area contributed by atoms with E-state index in [0.29, 0.717) is 30.4 Å². The van der Waals surface area contributed by atoms with Crippen LogP contribution in [0.2, 0.25) is 0 Å². The summed E-state index contributed by atoms with van der Waals surface area (Å²) in [5.74, 6) is -1.30. The van der Waals surface area contributed by atoms with E-state index in [-0.39, 0.29) is 0 Å². The molecule has 1 fully saturated rings. The average Bonchev–Trinajstić information content (AvgIpc) is 2.67. The van der Waals surface area contributed by atoms with E-state index in [1.807, 2.05) is 0 Å². The second-order valence-electron chi connectivity index (χ2n) is 4.89. The van der Waals surface area contributed by atoms with E-state index in [1.54, 1.807) is 24.3 Å². The highest BCUT2D eigenvalue weighted by Crippen LogP contribution is 2.29. The molecular formula is C14H13NO4. The molecule has 1 unspecified atom stereocenters. The monoisotopic (exact) mass is 259 g/mol. The third-order valence-corrected chi connectivity index (χ3v) is 3.75. The van der Waals surface area contributed by atoms with Gasteiger partial charge in [0.15, 0.2) is 5.78 Å². The molecule has 0 aromatic heterocycles. The lowest BCUT2D eigenvalue weighted by molar-refractivity contribution is -0.133. The summed E-state index contributed by atoms with van der Waals surface area (Å²) in [6.07, 6.45) is 0.397. The van der Waals surface area contributed by atoms with E-state index in [1.165, 1.54) is 0 Å². The van der Waals surface area contributed by atoms with Crippen LogP contribution in [-0.4, -0.2) is 39.7 Å². The van der Waals surface area contributed by atoms with Crippen molar-refractivity contribution in [3.63, 3.8) is 0 Å². The molecule has 1 saturated carbocycles. The van der Waals surface area contributed by atoms with Gasteiger partial charge in [-0.2, -0.15) is 0 Å². The van der Waals surface area contributed by atoms with Gasteiger partial charge in [-0.1, -0.05) is 12.1 Å². The Kier molecular flexibility index (Phi) is 2.71. The molecule has 1 aromatic carbocycles. The van der Waals surface area contributed by atoms with Crippen LogP contribution in [0.1, 0.15) is 40.0 Å². The van der Waals surface area contributed by atoms with E-state index < -0.39 is 29.7 Å². The number of ketones is 1. The molecular weight excluding hydrogens is 246 g/mol. The van der Waals surface area contributed by atoms with Gasteiger partial charge in [-0.05, 0) is 31.4 Å². The smallest absolute Gasteiger partial charge is 0.262 e. The molecule has 1 aromatic rings. The summed E-state index contributed by atoms with van der Waals surface area (Å²) in [4.78, 5) is 37.4. The van der Waals surface area contributed by atoms with Crippen molar-refractivity contribution in [3.8, 4) is 0 Å². The lowest BCUT2D eigenvalue weighted by Gasteiger charge is -2.30. The summed E-state index contributed by atoms with van der Waals surface area (Å²) in [6, 6.07) is 5.71. The maximum absolute atomic E-state index is 12.2. The predicted octanol–water partition coefficient (Wildman–Crippen LogP) is 0.765. The van der Waals surface area contributed by atoms with Crippen molar-refractivity contribution in [1.29, 1.82) is 0 Å². The highest BCUT2D eigenvalue weighted by molar-refractivity contribution is 6.23. The van der Waals surface area contributed by atoms with Gasteiger partial charge in [-0.15, -0.1) is 0 Å². The van der Waals surface area contributed by atoms with Crippen LogP contribution in [0.4, 0.5) is 0 Å². The number of Topliss-reactive ketones (excluding diaryl/α,β-unsaturated/α-hetero) is 1. The maximum Gasteiger partial charge on any atom is 0.262 e. The van der Waals surface area contributed by atoms with Gasteiger partial charge in [-0.3, -0.25) is 19.3 Å². The molecule has 1 N–H and O–H groups in total. The quantitative estimate of drug-likeness (QED) is 0.756. The van der Waals surface area contributed by atoms with Crippen LogP contribution in [0.5, 0.6) is 0 Å². The topological polar surface area (TPSA) is 74.7 Å². The summed E-state index contributed by atoms with van der Waals surface area (Å²) in [7, 11) is 0. The number of imide groups is 1. The first-order chi connectivity index (χ1) is 9.11. The fraction of sp³-hybridized carbons (Fsp3) is 0.357. The number of hydrogen-bond donors (Lipinski definition) is 1. The van der Waals surface area contributed by atoms with Crippen molar-refractivity contribution in [1.82, 2.24) is 4.90 Å². The fourth-order valence-corrected chi connectivity index (χ4v) is 2.76. The molecule has 19 heavy (non-hydrogen) atoms. The molecule has 3 rings (SSSR count). The van der Waals surface area contributed by atoms with Crippen molar-refractivity contribution >= 4 is 17.6 Å². The molecule has 5 heteroatoms. The number of benzene rings is 1. The zero-order valence-electron chi connectivity index (χ0n) is 10.2. The summed E-state index contributed by atoms with van der Waals surface area (Å²) in [6.45, 7) is 0. The number of nitrogens with zero attached hydrogens (tertiary/aromatic N) is 1. The molecule has 5 nitrogen and oxygen atoms in total. The van der Waals surface area contributed by atoms with Gasteiger partial charge in [0.25, 0.3) is 11.8 Å². The maximum atomic E-state index is 12.2. The van der Waals surface area contributed by atoms with E-state index in [2.05, 4.69) is 0 Å². The number of aliphatic hydroxyl groups is 1. The molecule has 0 spiro atoms. The Labute approximate surface area is 109 Å². The SMILES string of the molecule is O=C1C(O)CCC[C@H]1N1C(=O)c2ccccc2C1=O. The van der Waals surface area contributed by atoms with Crippen molar-refractivity contribution in [3.05, 3.63) is 35.4 Å². The van der Waals surface area contributed by atoms with Crippen LogP contribution in [0.15, 0.2) is 24.3 Å². The largest absolute Gasteiger partial charge is 0.385 e. The van der Waals surface area contributed by atoms with Gasteiger partial charge in [0.05, 0.1) is 11.1 Å². The minimum absolute atomic E-state index is 0.334. The zero-order valence-corrected chi connectivity index (χ0v) is 10.2. The number of amides is 2. The number of aliphatic hydroxyl groups excluding tert-OH is 1. The van der Waals surface area contributed by atoms with Gasteiger partial charge >= 0.3 is 0 Å². The Hall–Kier alpha value is -2.01. The van der Waals surface area contributed by atoms with Gasteiger partial charge in [0.1, 0.15) is 12.1 Å². The van der Waals surface area contributed by atoms with Crippen molar-refractivity contribution in [2.75, 3.05) is 0 Å². The first kappa shape index (κ1) is 12.0. The van der Waals surface area contributed by atoms with E-state index in [0.717, 1.165) is 4.90 Å². The molecule has 2 amide bonds. The summed E-state index contributed by atoms with van der Waals surface area (Å²) in [5, 5.41) is 9.60. The molecule has 2 atom stereocenters. The molecule has 0 radical (unpaired) electrons. The minimum Gasteiger partial charge on any atom is -0.385 e. The van der Waals surface area contributed by atoms with Gasteiger partial charge in [0, 0.05) is 0 Å². The third-order valence-electron chi connectivity index (χ3n) is 3.75. The zero-order chi connectivity index (χ0) is 13.6. The van der Waals surface area contributed by atoms with Crippen LogP contribution < -0.4 is 0 Å². The van der Waals surface area contributed by atoms with Crippen LogP contribution in [0.3, 0.4) is 0 Å². The summed E-state index contributed by atoms with van der Waals surface area (Å²) >= 11 is 0. The Morgan fingerprint density at radius 2 is 1.58 bits per heavy atom. The fourth-order valence-electron chi connectivity index (χ4n) is 2.76. The second kappa shape index (κ2) is 4.28. The molecule has 1 aliphatic carbocycles. The Morgan fingerprint density at radius 1 is 1.00 bits per heavy atom. The van der Waals surface area contributed by atoms with Crippen LogP contribution in [0.25, 0.3) is 0 Å². The Balaban J connectivity index is 1.98. The first-order valence-corrected chi connectivity index (χ1v) is 6.30. The van der Waals surface area contributed by atoms with Crippen molar-refractivity contribution in [2.24, 2.45) is 0 Å². The minimum atomic E-state index is -1.07. The van der Waals surface area contributed by atoms with Crippen molar-refractivity contribution < 1.29 is 19.5 Å². The number of hydrogen-bond acceptors (Lipinski definition) is 4. The molecule has 98 valence electrons. The van der Waals surface area contributed by atoms with Crippen LogP contribution >= 0.6 is 0 Å². The highest BCUT2D eigenvalue weighted by atomic mass is 16.3. The number of carbonyl (C=O) groups excluding carboxylic acids is 3. The second-order valence-corrected chi connectivity index (χ2v) is 4.89. The highest BCUT2D eigenvalue weighted by Gasteiger charge is 2.44. The summed E-state index contributed by atoms with van der Waals surface area (Å²) in [5.41, 5.74) is 0.667. The van der Waals surface area contributed by atoms with Gasteiger partial charge in [-0.25, -0.2) is 0 Å². The van der Waals surface area contributed by atoms with Gasteiger partial charge < -0.3 is 5.11 Å². The molecule has 2 aliphatic rings. The van der Waals surface area contributed by atoms with Crippen molar-refractivity contribution in [2.45, 2.75) is 31.4 Å². The van der Waals surface area contributed by atoms with Crippen LogP contribution in [-0.2, 0) is 4.79 Å². The average molecular weight is 259 g/mol. The lowest BCUT2D eigenvalue weighted by atomic mass is 9.90. The standard InChI is InChI=1S/C14H13NO4/c16-11-7-3-6-10(12(11)17)15-13(18)8-4-1-2-5-9(8)14(15)19/h1-2,4-5,10-11,16H,3,6-7H2/t10-,11?/m1/s1. The van der Waals surface area contributed by atoms with E-state index in [4.69, 9.17) is 0 Å². The first-order valence-electron chi connectivity index (χ1n) is 6.30. The number of rotatable bonds is 1. The Bertz CT molecular complexity index is 546. The van der Waals surface area contributed by atoms with E-state index in [9.17, 15) is 19.5 Å². The summed E-state index contributed by atoms with van der Waals surface area (Å²) < 4.78 is 0. The molecule has 1 aliphatic heterocycles. The Morgan fingerprint density at radius 3 is 2.16 bits per heavy atom. The number of carbonyl (C=O) groups is 3. The normalized spacial score (nSPS) is 26.8. The van der Waals surface area contributed by atoms with Gasteiger partial charge in [0.2, 0.25) is 0 Å². The molecule has 0 bridgehead atoms. The number of fused-ring (bicyclic) bond motifs is 1. The predicted molar refractivity (Wildman–Crippen MR) is 65.6 cm³/mol. The lowest BCUT2D eigenvalue weighted by Crippen LogP contribution is -2.50. The van der Waals surface area contributed by atoms with Crippen LogP contribution in [0, 0.1) is 0 Å². The third kappa shape index (κ3) is 1.69.